The van der Waals surface area contributed by atoms with E-state index in [2.05, 4.69) is 33.4 Å². The molecule has 1 saturated heterocycles. The molecule has 2 aromatic carbocycles. The number of hydrogen-bond acceptors (Lipinski definition) is 4. The Morgan fingerprint density at radius 2 is 1.78 bits per heavy atom. The van der Waals surface area contributed by atoms with E-state index in [4.69, 9.17) is 0 Å². The molecule has 1 N–H and O–H groups in total. The molecule has 4 nitrogen and oxygen atoms in total. The van der Waals surface area contributed by atoms with Crippen molar-refractivity contribution in [3.05, 3.63) is 75.7 Å². The van der Waals surface area contributed by atoms with E-state index in [0.29, 0.717) is 4.88 Å². The van der Waals surface area contributed by atoms with Crippen LogP contribution in [0.5, 0.6) is 0 Å². The number of para-hydroxylation sites is 2. The van der Waals surface area contributed by atoms with Crippen molar-refractivity contribution in [3.63, 3.8) is 0 Å². The van der Waals surface area contributed by atoms with Crippen LogP contribution in [0.1, 0.15) is 38.8 Å². The third-order valence-electron chi connectivity index (χ3n) is 4.84. The first-order chi connectivity index (χ1) is 13.2. The zero-order valence-electron chi connectivity index (χ0n) is 15.4. The molecule has 1 aliphatic heterocycles. The highest BCUT2D eigenvalue weighted by atomic mass is 32.1. The predicted molar refractivity (Wildman–Crippen MR) is 112 cm³/mol. The highest BCUT2D eigenvalue weighted by Gasteiger charge is 2.19. The van der Waals surface area contributed by atoms with Gasteiger partial charge in [-0.1, -0.05) is 42.5 Å². The molecule has 0 aliphatic carbocycles. The molecule has 1 aliphatic rings. The topological polar surface area (TPSA) is 45.2 Å². The Morgan fingerprint density at radius 3 is 2.56 bits per heavy atom. The van der Waals surface area contributed by atoms with E-state index in [1.54, 1.807) is 0 Å². The summed E-state index contributed by atoms with van der Waals surface area (Å²) in [5.41, 5.74) is 3.98. The van der Waals surface area contributed by atoms with Gasteiger partial charge in [0.2, 0.25) is 0 Å². The molecule has 0 atom stereocenters. The fourth-order valence-electron chi connectivity index (χ4n) is 3.50. The Hall–Kier alpha value is -2.66. The van der Waals surface area contributed by atoms with Crippen LogP contribution in [-0.2, 0) is 6.42 Å². The quantitative estimate of drug-likeness (QED) is 0.688. The Balaban J connectivity index is 1.52. The summed E-state index contributed by atoms with van der Waals surface area (Å²) >= 11 is 1.48. The predicted octanol–water partition coefficient (Wildman–Crippen LogP) is 4.89. The van der Waals surface area contributed by atoms with Gasteiger partial charge in [0.1, 0.15) is 4.88 Å². The fraction of sp³-hybridized carbons (Fsp3) is 0.273. The third-order valence-corrected chi connectivity index (χ3v) is 6.00. The van der Waals surface area contributed by atoms with Crippen molar-refractivity contribution in [1.82, 2.24) is 4.98 Å². The summed E-state index contributed by atoms with van der Waals surface area (Å²) in [4.78, 5) is 20.6. The second-order valence-corrected chi connectivity index (χ2v) is 7.93. The van der Waals surface area contributed by atoms with Gasteiger partial charge in [0.05, 0.1) is 22.1 Å². The SMILES string of the molecule is Cc1nc(Cc2ccccc2)sc1C(=O)Nc1ccccc1N1CCCC1. The van der Waals surface area contributed by atoms with Gasteiger partial charge in [0, 0.05) is 19.5 Å². The Morgan fingerprint density at radius 1 is 1.07 bits per heavy atom. The van der Waals surface area contributed by atoms with Gasteiger partial charge in [-0.15, -0.1) is 11.3 Å². The number of aryl methyl sites for hydroxylation is 1. The van der Waals surface area contributed by atoms with E-state index in [0.717, 1.165) is 41.6 Å². The van der Waals surface area contributed by atoms with Crippen LogP contribution in [0.2, 0.25) is 0 Å². The van der Waals surface area contributed by atoms with Gasteiger partial charge in [0.25, 0.3) is 5.91 Å². The molecular formula is C22H23N3OS. The molecule has 138 valence electrons. The first-order valence-corrected chi connectivity index (χ1v) is 10.2. The van der Waals surface area contributed by atoms with E-state index < -0.39 is 0 Å². The van der Waals surface area contributed by atoms with Crippen molar-refractivity contribution in [3.8, 4) is 0 Å². The number of rotatable bonds is 5. The summed E-state index contributed by atoms with van der Waals surface area (Å²) in [6.45, 7) is 4.01. The second-order valence-electron chi connectivity index (χ2n) is 6.85. The molecule has 1 amide bonds. The number of amides is 1. The number of benzene rings is 2. The summed E-state index contributed by atoms with van der Waals surface area (Å²) in [6, 6.07) is 18.3. The standard InChI is InChI=1S/C22H23N3OS/c1-16-21(27-20(23-16)15-17-9-3-2-4-10-17)22(26)24-18-11-5-6-12-19(18)25-13-7-8-14-25/h2-6,9-12H,7-8,13-15H2,1H3,(H,24,26). The lowest BCUT2D eigenvalue weighted by atomic mass is 10.2. The number of nitrogens with one attached hydrogen (secondary N) is 1. The number of carbonyl (C=O) groups excluding carboxylic acids is 1. The minimum Gasteiger partial charge on any atom is -0.370 e. The molecule has 1 fully saturated rings. The Bertz CT molecular complexity index is 930. The van der Waals surface area contributed by atoms with Gasteiger partial charge >= 0.3 is 0 Å². The molecule has 1 aromatic heterocycles. The van der Waals surface area contributed by atoms with Gasteiger partial charge < -0.3 is 10.2 Å². The maximum absolute atomic E-state index is 12.9. The lowest BCUT2D eigenvalue weighted by Crippen LogP contribution is -2.21. The van der Waals surface area contributed by atoms with Crippen LogP contribution in [0.15, 0.2) is 54.6 Å². The smallest absolute Gasteiger partial charge is 0.267 e. The molecule has 2 heterocycles. The van der Waals surface area contributed by atoms with Crippen molar-refractivity contribution in [1.29, 1.82) is 0 Å². The van der Waals surface area contributed by atoms with Crippen LogP contribution in [0, 0.1) is 6.92 Å². The summed E-state index contributed by atoms with van der Waals surface area (Å²) in [5, 5.41) is 4.08. The minimum atomic E-state index is -0.0732. The fourth-order valence-corrected chi connectivity index (χ4v) is 4.50. The molecule has 0 saturated carbocycles. The minimum absolute atomic E-state index is 0.0732. The lowest BCUT2D eigenvalue weighted by Gasteiger charge is -2.21. The number of anilines is 2. The first-order valence-electron chi connectivity index (χ1n) is 9.36. The van der Waals surface area contributed by atoms with Crippen LogP contribution in [0.3, 0.4) is 0 Å². The molecule has 0 spiro atoms. The van der Waals surface area contributed by atoms with Crippen molar-refractivity contribution in [2.24, 2.45) is 0 Å². The number of aromatic nitrogens is 1. The van der Waals surface area contributed by atoms with Crippen molar-refractivity contribution >= 4 is 28.6 Å². The van der Waals surface area contributed by atoms with Gasteiger partial charge in [-0.3, -0.25) is 4.79 Å². The van der Waals surface area contributed by atoms with Gasteiger partial charge in [-0.05, 0) is 37.5 Å². The average molecular weight is 378 g/mol. The zero-order chi connectivity index (χ0) is 18.6. The molecule has 0 unspecified atom stereocenters. The third kappa shape index (κ3) is 4.03. The van der Waals surface area contributed by atoms with Crippen molar-refractivity contribution < 1.29 is 4.79 Å². The van der Waals surface area contributed by atoms with Crippen LogP contribution in [-0.4, -0.2) is 24.0 Å². The van der Waals surface area contributed by atoms with E-state index in [1.807, 2.05) is 43.3 Å². The average Bonchev–Trinajstić information content (AvgIpc) is 3.33. The van der Waals surface area contributed by atoms with Gasteiger partial charge in [-0.25, -0.2) is 4.98 Å². The van der Waals surface area contributed by atoms with Crippen molar-refractivity contribution in [2.75, 3.05) is 23.3 Å². The number of nitrogens with zero attached hydrogens (tertiary/aromatic N) is 2. The molecule has 5 heteroatoms. The maximum Gasteiger partial charge on any atom is 0.267 e. The second kappa shape index (κ2) is 7.92. The van der Waals surface area contributed by atoms with Crippen LogP contribution >= 0.6 is 11.3 Å². The summed E-state index contributed by atoms with van der Waals surface area (Å²) in [7, 11) is 0. The highest BCUT2D eigenvalue weighted by molar-refractivity contribution is 7.14. The van der Waals surface area contributed by atoms with E-state index in [1.165, 1.54) is 29.7 Å². The zero-order valence-corrected chi connectivity index (χ0v) is 16.3. The molecule has 4 rings (SSSR count). The van der Waals surface area contributed by atoms with E-state index in [9.17, 15) is 4.79 Å². The van der Waals surface area contributed by atoms with Gasteiger partial charge in [-0.2, -0.15) is 0 Å². The molecular weight excluding hydrogens is 354 g/mol. The largest absolute Gasteiger partial charge is 0.370 e. The van der Waals surface area contributed by atoms with E-state index in [-0.39, 0.29) is 5.91 Å². The Kier molecular flexibility index (Phi) is 5.21. The van der Waals surface area contributed by atoms with Crippen molar-refractivity contribution in [2.45, 2.75) is 26.2 Å². The van der Waals surface area contributed by atoms with Crippen LogP contribution in [0.25, 0.3) is 0 Å². The molecule has 3 aromatic rings. The van der Waals surface area contributed by atoms with Gasteiger partial charge in [0.15, 0.2) is 0 Å². The molecule has 0 radical (unpaired) electrons. The monoisotopic (exact) mass is 377 g/mol. The lowest BCUT2D eigenvalue weighted by molar-refractivity contribution is 0.103. The van der Waals surface area contributed by atoms with Crippen LogP contribution < -0.4 is 10.2 Å². The summed E-state index contributed by atoms with van der Waals surface area (Å²) < 4.78 is 0. The first kappa shape index (κ1) is 17.7. The summed E-state index contributed by atoms with van der Waals surface area (Å²) in [6.07, 6.45) is 3.17. The number of hydrogen-bond donors (Lipinski definition) is 1. The Labute approximate surface area is 163 Å². The maximum atomic E-state index is 12.9. The highest BCUT2D eigenvalue weighted by Crippen LogP contribution is 2.30. The number of thiazole rings is 1. The molecule has 27 heavy (non-hydrogen) atoms. The summed E-state index contributed by atoms with van der Waals surface area (Å²) in [5.74, 6) is -0.0732. The molecule has 0 bridgehead atoms. The number of carbonyl (C=O) groups is 1. The van der Waals surface area contributed by atoms with E-state index >= 15 is 0 Å². The van der Waals surface area contributed by atoms with Crippen LogP contribution in [0.4, 0.5) is 11.4 Å². The normalized spacial score (nSPS) is 13.7.